The summed E-state index contributed by atoms with van der Waals surface area (Å²) in [6.07, 6.45) is 2.13. The fourth-order valence-electron chi connectivity index (χ4n) is 2.78. The van der Waals surface area contributed by atoms with Crippen LogP contribution in [0.1, 0.15) is 51.3 Å². The minimum atomic E-state index is 0.0406. The molecule has 0 bridgehead atoms. The first-order valence-corrected chi connectivity index (χ1v) is 6.86. The number of hydrogen-bond acceptors (Lipinski definition) is 1. The molecule has 1 aromatic rings. The number of benzene rings is 1. The van der Waals surface area contributed by atoms with Crippen molar-refractivity contribution in [3.05, 3.63) is 35.4 Å². The quantitative estimate of drug-likeness (QED) is 0.868. The Kier molecular flexibility index (Phi) is 3.47. The molecule has 2 atom stereocenters. The predicted molar refractivity (Wildman–Crippen MR) is 74.3 cm³/mol. The first kappa shape index (κ1) is 13.1. The maximum Gasteiger partial charge on any atom is 0.223 e. The van der Waals surface area contributed by atoms with E-state index in [4.69, 9.17) is 0 Å². The van der Waals surface area contributed by atoms with Crippen molar-refractivity contribution in [2.45, 2.75) is 46.6 Å². The van der Waals surface area contributed by atoms with E-state index in [1.165, 1.54) is 11.1 Å². The topological polar surface area (TPSA) is 29.1 Å². The zero-order valence-corrected chi connectivity index (χ0v) is 11.8. The van der Waals surface area contributed by atoms with Gasteiger partial charge in [-0.25, -0.2) is 0 Å². The molecule has 2 nitrogen and oxygen atoms in total. The van der Waals surface area contributed by atoms with Crippen LogP contribution in [-0.2, 0) is 11.2 Å². The molecular weight excluding hydrogens is 222 g/mol. The molecule has 2 rings (SSSR count). The van der Waals surface area contributed by atoms with Gasteiger partial charge in [0.15, 0.2) is 0 Å². The largest absolute Gasteiger partial charge is 0.349 e. The van der Waals surface area contributed by atoms with Gasteiger partial charge >= 0.3 is 0 Å². The van der Waals surface area contributed by atoms with Crippen LogP contribution in [0.5, 0.6) is 0 Å². The summed E-state index contributed by atoms with van der Waals surface area (Å²) in [6.45, 7) is 8.37. The Morgan fingerprint density at radius 2 is 2.11 bits per heavy atom. The molecule has 0 radical (unpaired) electrons. The van der Waals surface area contributed by atoms with Crippen LogP contribution in [-0.4, -0.2) is 5.91 Å². The molecule has 0 spiro atoms. The van der Waals surface area contributed by atoms with Crippen molar-refractivity contribution in [1.29, 1.82) is 0 Å². The summed E-state index contributed by atoms with van der Waals surface area (Å²) in [5.41, 5.74) is 2.83. The van der Waals surface area contributed by atoms with Gasteiger partial charge in [0.2, 0.25) is 5.91 Å². The van der Waals surface area contributed by atoms with Crippen molar-refractivity contribution in [3.63, 3.8) is 0 Å². The highest BCUT2D eigenvalue weighted by atomic mass is 16.1. The van der Waals surface area contributed by atoms with E-state index in [1.807, 2.05) is 13.8 Å². The summed E-state index contributed by atoms with van der Waals surface area (Å²) in [6, 6.07) is 8.65. The van der Waals surface area contributed by atoms with E-state index < -0.39 is 0 Å². The molecule has 0 saturated carbocycles. The molecule has 0 fully saturated rings. The van der Waals surface area contributed by atoms with Crippen LogP contribution in [0, 0.1) is 11.3 Å². The van der Waals surface area contributed by atoms with Crippen molar-refractivity contribution in [2.75, 3.05) is 0 Å². The third kappa shape index (κ3) is 2.16. The summed E-state index contributed by atoms with van der Waals surface area (Å²) < 4.78 is 0. The zero-order chi connectivity index (χ0) is 13.3. The van der Waals surface area contributed by atoms with Crippen LogP contribution >= 0.6 is 0 Å². The van der Waals surface area contributed by atoms with Gasteiger partial charge in [-0.2, -0.15) is 0 Å². The van der Waals surface area contributed by atoms with Crippen molar-refractivity contribution >= 4 is 5.91 Å². The van der Waals surface area contributed by atoms with Crippen molar-refractivity contribution in [2.24, 2.45) is 11.3 Å². The Morgan fingerprint density at radius 3 is 2.72 bits per heavy atom. The molecule has 0 heterocycles. The van der Waals surface area contributed by atoms with Gasteiger partial charge in [0.25, 0.3) is 0 Å². The second-order valence-corrected chi connectivity index (χ2v) is 5.98. The first-order valence-electron chi connectivity index (χ1n) is 6.86. The molecule has 0 unspecified atom stereocenters. The van der Waals surface area contributed by atoms with E-state index in [0.717, 1.165) is 12.8 Å². The lowest BCUT2D eigenvalue weighted by Crippen LogP contribution is -2.38. The van der Waals surface area contributed by atoms with E-state index >= 15 is 0 Å². The summed E-state index contributed by atoms with van der Waals surface area (Å²) in [5, 5.41) is 3.24. The maximum atomic E-state index is 12.0. The second kappa shape index (κ2) is 4.75. The Bertz CT molecular complexity index is 452. The standard InChI is InChI=1S/C16H23NO/c1-5-16(4)10-12-8-6-7-9-13(12)14(16)17-15(18)11(2)3/h6-9,11,14H,5,10H2,1-4H3,(H,17,18)/t14-,16+/m0/s1. The maximum absolute atomic E-state index is 12.0. The van der Waals surface area contributed by atoms with E-state index in [0.29, 0.717) is 0 Å². The Balaban J connectivity index is 2.32. The molecular formula is C16H23NO. The van der Waals surface area contributed by atoms with E-state index in [-0.39, 0.29) is 23.3 Å². The highest BCUT2D eigenvalue weighted by Crippen LogP contribution is 2.47. The van der Waals surface area contributed by atoms with Gasteiger partial charge in [-0.1, -0.05) is 52.0 Å². The molecule has 18 heavy (non-hydrogen) atoms. The Morgan fingerprint density at radius 1 is 1.44 bits per heavy atom. The normalized spacial score (nSPS) is 26.2. The third-order valence-electron chi connectivity index (χ3n) is 4.28. The lowest BCUT2D eigenvalue weighted by atomic mass is 9.80. The second-order valence-electron chi connectivity index (χ2n) is 5.98. The molecule has 1 aliphatic rings. The molecule has 98 valence electrons. The van der Waals surface area contributed by atoms with Crippen LogP contribution in [0.3, 0.4) is 0 Å². The summed E-state index contributed by atoms with van der Waals surface area (Å²) in [5.74, 6) is 0.190. The molecule has 1 N–H and O–H groups in total. The monoisotopic (exact) mass is 245 g/mol. The van der Waals surface area contributed by atoms with E-state index in [1.54, 1.807) is 0 Å². The number of rotatable bonds is 3. The van der Waals surface area contributed by atoms with Gasteiger partial charge in [-0.15, -0.1) is 0 Å². The number of nitrogens with one attached hydrogen (secondary N) is 1. The minimum absolute atomic E-state index is 0.0406. The molecule has 1 aromatic carbocycles. The molecule has 1 aliphatic carbocycles. The van der Waals surface area contributed by atoms with Crippen molar-refractivity contribution in [3.8, 4) is 0 Å². The number of hydrogen-bond donors (Lipinski definition) is 1. The van der Waals surface area contributed by atoms with Gasteiger partial charge in [0.1, 0.15) is 0 Å². The highest BCUT2D eigenvalue weighted by Gasteiger charge is 2.41. The molecule has 1 amide bonds. The van der Waals surface area contributed by atoms with Gasteiger partial charge in [0.05, 0.1) is 6.04 Å². The molecule has 0 aromatic heterocycles. The van der Waals surface area contributed by atoms with Crippen LogP contribution in [0.15, 0.2) is 24.3 Å². The fourth-order valence-corrected chi connectivity index (χ4v) is 2.78. The number of carbonyl (C=O) groups is 1. The zero-order valence-electron chi connectivity index (χ0n) is 11.8. The predicted octanol–water partition coefficient (Wildman–Crippen LogP) is 3.47. The number of fused-ring (bicyclic) bond motifs is 1. The Hall–Kier alpha value is -1.31. The summed E-state index contributed by atoms with van der Waals surface area (Å²) >= 11 is 0. The van der Waals surface area contributed by atoms with Gasteiger partial charge < -0.3 is 5.32 Å². The number of amides is 1. The van der Waals surface area contributed by atoms with Gasteiger partial charge in [-0.3, -0.25) is 4.79 Å². The van der Waals surface area contributed by atoms with Crippen LogP contribution in [0.4, 0.5) is 0 Å². The van der Waals surface area contributed by atoms with Crippen molar-refractivity contribution in [1.82, 2.24) is 5.32 Å². The summed E-state index contributed by atoms with van der Waals surface area (Å²) in [7, 11) is 0. The smallest absolute Gasteiger partial charge is 0.223 e. The van der Waals surface area contributed by atoms with E-state index in [9.17, 15) is 4.79 Å². The lowest BCUT2D eigenvalue weighted by molar-refractivity contribution is -0.125. The summed E-state index contributed by atoms with van der Waals surface area (Å²) in [4.78, 5) is 12.0. The SMILES string of the molecule is CC[C@]1(C)Cc2ccccc2[C@@H]1NC(=O)C(C)C. The van der Waals surface area contributed by atoms with Crippen molar-refractivity contribution < 1.29 is 4.79 Å². The fraction of sp³-hybridized carbons (Fsp3) is 0.562. The molecule has 0 aliphatic heterocycles. The lowest BCUT2D eigenvalue weighted by Gasteiger charge is -2.32. The first-order chi connectivity index (χ1) is 8.48. The van der Waals surface area contributed by atoms with Crippen LogP contribution < -0.4 is 5.32 Å². The average molecular weight is 245 g/mol. The highest BCUT2D eigenvalue weighted by molar-refractivity contribution is 5.78. The molecule has 0 saturated heterocycles. The minimum Gasteiger partial charge on any atom is -0.349 e. The van der Waals surface area contributed by atoms with Crippen LogP contribution in [0.25, 0.3) is 0 Å². The Labute approximate surface area is 110 Å². The number of carbonyl (C=O) groups excluding carboxylic acids is 1. The molecule has 2 heteroatoms. The average Bonchev–Trinajstić information content (AvgIpc) is 2.63. The van der Waals surface area contributed by atoms with Crippen LogP contribution in [0.2, 0.25) is 0 Å². The van der Waals surface area contributed by atoms with Gasteiger partial charge in [-0.05, 0) is 29.4 Å². The third-order valence-corrected chi connectivity index (χ3v) is 4.28. The van der Waals surface area contributed by atoms with E-state index in [2.05, 4.69) is 43.4 Å². The van der Waals surface area contributed by atoms with Gasteiger partial charge in [0, 0.05) is 5.92 Å².